The molecule has 0 radical (unpaired) electrons. The topological polar surface area (TPSA) is 72.3 Å². The average molecular weight is 468 g/mol. The van der Waals surface area contributed by atoms with E-state index in [1.165, 1.54) is 11.9 Å². The second-order valence-corrected chi connectivity index (χ2v) is 9.36. The molecule has 176 valence electrons. The van der Waals surface area contributed by atoms with Crippen molar-refractivity contribution in [2.75, 3.05) is 7.05 Å². The summed E-state index contributed by atoms with van der Waals surface area (Å²) in [5.41, 5.74) is 5.89. The minimum absolute atomic E-state index is 0.00496. The van der Waals surface area contributed by atoms with E-state index in [1.54, 1.807) is 36.4 Å². The first-order valence-corrected chi connectivity index (χ1v) is 11.1. The number of amides is 1. The van der Waals surface area contributed by atoms with Gasteiger partial charge in [0.25, 0.3) is 5.91 Å². The highest BCUT2D eigenvalue weighted by Gasteiger charge is 2.60. The van der Waals surface area contributed by atoms with Gasteiger partial charge in [-0.25, -0.2) is 9.84 Å². The van der Waals surface area contributed by atoms with Gasteiger partial charge in [0.05, 0.1) is 12.5 Å². The van der Waals surface area contributed by atoms with Crippen molar-refractivity contribution < 1.29 is 22.7 Å². The molecule has 1 aliphatic carbocycles. The van der Waals surface area contributed by atoms with E-state index < -0.39 is 23.2 Å². The maximum absolute atomic E-state index is 13.6. The number of nitrogens with two attached hydrogens (primary N) is 1. The Balaban J connectivity index is 1.65. The molecule has 2 spiro atoms. The molecule has 2 heterocycles. The van der Waals surface area contributed by atoms with E-state index in [2.05, 4.69) is 9.84 Å². The standard InChI is InChI=1S/C25H23F3N4O2/c1-30-18-7-3-5-15(11-18)16-8-9-20-19(12-16)24(21(33)32(2)22(29)31-24)14-23(34-20)10-4-6-17(13-23)25(26,27)28/h3,5,7-9,11-12,17H,4,6,10,13-14H2,2H3,(H2,29,31). The van der Waals surface area contributed by atoms with Crippen molar-refractivity contribution in [3.63, 3.8) is 0 Å². The summed E-state index contributed by atoms with van der Waals surface area (Å²) in [4.78, 5) is 22.8. The van der Waals surface area contributed by atoms with Crippen LogP contribution in [0.3, 0.4) is 0 Å². The van der Waals surface area contributed by atoms with Gasteiger partial charge in [-0.3, -0.25) is 9.69 Å². The molecule has 6 nitrogen and oxygen atoms in total. The number of ether oxygens (including phenoxy) is 1. The first-order chi connectivity index (χ1) is 16.1. The van der Waals surface area contributed by atoms with Crippen LogP contribution in [0.1, 0.15) is 37.7 Å². The summed E-state index contributed by atoms with van der Waals surface area (Å²) in [5, 5.41) is 0. The molecule has 2 aromatic rings. The lowest BCUT2D eigenvalue weighted by molar-refractivity contribution is -0.201. The van der Waals surface area contributed by atoms with Gasteiger partial charge in [0.1, 0.15) is 11.4 Å². The lowest BCUT2D eigenvalue weighted by Crippen LogP contribution is -2.54. The number of hydrogen-bond donors (Lipinski definition) is 1. The predicted molar refractivity (Wildman–Crippen MR) is 120 cm³/mol. The smallest absolute Gasteiger partial charge is 0.391 e. The average Bonchev–Trinajstić information content (AvgIpc) is 3.02. The molecule has 9 heteroatoms. The van der Waals surface area contributed by atoms with Crippen LogP contribution < -0.4 is 10.5 Å². The molecule has 0 aromatic heterocycles. The van der Waals surface area contributed by atoms with Crippen molar-refractivity contribution in [1.29, 1.82) is 0 Å². The van der Waals surface area contributed by atoms with Crippen molar-refractivity contribution in [2.24, 2.45) is 16.6 Å². The van der Waals surface area contributed by atoms with Gasteiger partial charge in [-0.1, -0.05) is 24.3 Å². The molecule has 3 atom stereocenters. The molecule has 0 bridgehead atoms. The van der Waals surface area contributed by atoms with Gasteiger partial charge < -0.3 is 10.5 Å². The monoisotopic (exact) mass is 468 g/mol. The summed E-state index contributed by atoms with van der Waals surface area (Å²) in [5.74, 6) is -1.50. The van der Waals surface area contributed by atoms with E-state index >= 15 is 0 Å². The SMILES string of the molecule is [C-]#[N+]c1cccc(-c2ccc3c(c2)C2(CC4(CCCC(C(F)(F)F)C4)O3)N=C(N)N(C)C2=O)c1. The van der Waals surface area contributed by atoms with E-state index in [9.17, 15) is 18.0 Å². The van der Waals surface area contributed by atoms with Crippen LogP contribution in [0.4, 0.5) is 18.9 Å². The van der Waals surface area contributed by atoms with Gasteiger partial charge >= 0.3 is 6.18 Å². The van der Waals surface area contributed by atoms with Crippen molar-refractivity contribution in [3.8, 4) is 16.9 Å². The molecule has 1 saturated carbocycles. The van der Waals surface area contributed by atoms with Crippen molar-refractivity contribution in [2.45, 2.75) is 49.4 Å². The Hall–Kier alpha value is -3.54. The summed E-state index contributed by atoms with van der Waals surface area (Å²) >= 11 is 0. The van der Waals surface area contributed by atoms with E-state index in [0.29, 0.717) is 29.8 Å². The van der Waals surface area contributed by atoms with Crippen LogP contribution >= 0.6 is 0 Å². The maximum Gasteiger partial charge on any atom is 0.391 e. The number of hydrogen-bond acceptors (Lipinski definition) is 4. The maximum atomic E-state index is 13.6. The molecule has 0 saturated heterocycles. The summed E-state index contributed by atoms with van der Waals surface area (Å²) in [6.07, 6.45) is -3.76. The molecular weight excluding hydrogens is 445 g/mol. The van der Waals surface area contributed by atoms with E-state index in [0.717, 1.165) is 11.1 Å². The number of fused-ring (bicyclic) bond motifs is 2. The Morgan fingerprint density at radius 1 is 1.24 bits per heavy atom. The highest BCUT2D eigenvalue weighted by Crippen LogP contribution is 2.55. The third-order valence-corrected chi connectivity index (χ3v) is 7.21. The number of guanidine groups is 1. The zero-order valence-electron chi connectivity index (χ0n) is 18.5. The molecule has 34 heavy (non-hydrogen) atoms. The van der Waals surface area contributed by atoms with Gasteiger partial charge in [-0.15, -0.1) is 0 Å². The highest BCUT2D eigenvalue weighted by molar-refractivity contribution is 6.07. The Kier molecular flexibility index (Phi) is 4.90. The predicted octanol–water partition coefficient (Wildman–Crippen LogP) is 5.16. The normalized spacial score (nSPS) is 28.4. The third-order valence-electron chi connectivity index (χ3n) is 7.21. The van der Waals surface area contributed by atoms with E-state index in [4.69, 9.17) is 17.0 Å². The summed E-state index contributed by atoms with van der Waals surface area (Å²) in [6, 6.07) is 12.3. The number of nitrogens with zero attached hydrogens (tertiary/aromatic N) is 3. The Morgan fingerprint density at radius 2 is 2.00 bits per heavy atom. The van der Waals surface area contributed by atoms with Gasteiger partial charge in [0, 0.05) is 19.0 Å². The summed E-state index contributed by atoms with van der Waals surface area (Å²) in [7, 11) is 1.51. The Morgan fingerprint density at radius 3 is 2.68 bits per heavy atom. The molecule has 2 N–H and O–H groups in total. The second kappa shape index (κ2) is 7.49. The van der Waals surface area contributed by atoms with Crippen LogP contribution in [0, 0.1) is 12.5 Å². The first kappa shape index (κ1) is 22.3. The summed E-state index contributed by atoms with van der Waals surface area (Å²) < 4.78 is 47.2. The lowest BCUT2D eigenvalue weighted by atomic mass is 9.67. The molecular formula is C25H23F3N4O2. The van der Waals surface area contributed by atoms with Gasteiger partial charge in [0.15, 0.2) is 17.2 Å². The molecule has 3 aliphatic rings. The van der Waals surface area contributed by atoms with Gasteiger partial charge in [0.2, 0.25) is 0 Å². The van der Waals surface area contributed by atoms with Crippen LogP contribution in [-0.2, 0) is 10.3 Å². The molecule has 3 unspecified atom stereocenters. The second-order valence-electron chi connectivity index (χ2n) is 9.36. The molecule has 1 fully saturated rings. The first-order valence-electron chi connectivity index (χ1n) is 11.1. The third kappa shape index (κ3) is 3.40. The largest absolute Gasteiger partial charge is 0.487 e. The number of rotatable bonds is 1. The quantitative estimate of drug-likeness (QED) is 0.588. The highest BCUT2D eigenvalue weighted by atomic mass is 19.4. The van der Waals surface area contributed by atoms with Gasteiger partial charge in [-0.05, 0) is 55.0 Å². The van der Waals surface area contributed by atoms with E-state index in [-0.39, 0.29) is 31.1 Å². The zero-order chi connectivity index (χ0) is 24.3. The van der Waals surface area contributed by atoms with Crippen LogP contribution in [0.15, 0.2) is 47.5 Å². The van der Waals surface area contributed by atoms with Gasteiger partial charge in [-0.2, -0.15) is 13.2 Å². The minimum atomic E-state index is -4.33. The lowest BCUT2D eigenvalue weighted by Gasteiger charge is -2.48. The molecule has 1 amide bonds. The van der Waals surface area contributed by atoms with Crippen molar-refractivity contribution in [1.82, 2.24) is 4.90 Å². The van der Waals surface area contributed by atoms with E-state index in [1.807, 2.05) is 6.07 Å². The fraction of sp³-hybridized carbons (Fsp3) is 0.400. The van der Waals surface area contributed by atoms with Crippen LogP contribution in [0.2, 0.25) is 0 Å². The number of carbonyl (C=O) groups is 1. The van der Waals surface area contributed by atoms with Crippen molar-refractivity contribution >= 4 is 17.6 Å². The number of carbonyl (C=O) groups excluding carboxylic acids is 1. The van der Waals surface area contributed by atoms with Crippen LogP contribution in [-0.4, -0.2) is 35.6 Å². The number of alkyl halides is 3. The fourth-order valence-corrected chi connectivity index (χ4v) is 5.55. The number of likely N-dealkylation sites (N-methyl/N-ethyl adjacent to an activating group) is 1. The summed E-state index contributed by atoms with van der Waals surface area (Å²) in [6.45, 7) is 7.27. The van der Waals surface area contributed by atoms with Crippen LogP contribution in [0.25, 0.3) is 16.0 Å². The fourth-order valence-electron chi connectivity index (χ4n) is 5.55. The van der Waals surface area contributed by atoms with Crippen LogP contribution in [0.5, 0.6) is 5.75 Å². The Bertz CT molecular complexity index is 1250. The Labute approximate surface area is 195 Å². The van der Waals surface area contributed by atoms with Crippen molar-refractivity contribution in [3.05, 3.63) is 59.4 Å². The molecule has 5 rings (SSSR count). The minimum Gasteiger partial charge on any atom is -0.487 e. The number of halogens is 3. The number of benzene rings is 2. The zero-order valence-corrected chi connectivity index (χ0v) is 18.5. The number of aliphatic imine (C=N–C) groups is 1. The molecule has 2 aromatic carbocycles. The molecule has 2 aliphatic heterocycles.